The van der Waals surface area contributed by atoms with Gasteiger partial charge >= 0.3 is 0 Å². The highest BCUT2D eigenvalue weighted by atomic mass is 19.1. The third-order valence-corrected chi connectivity index (χ3v) is 2.10. The van der Waals surface area contributed by atoms with E-state index in [1.54, 1.807) is 13.0 Å². The number of benzene rings is 1. The van der Waals surface area contributed by atoms with Crippen LogP contribution in [0.5, 0.6) is 0 Å². The molecule has 1 rings (SSSR count). The van der Waals surface area contributed by atoms with Crippen molar-refractivity contribution in [2.45, 2.75) is 13.8 Å². The fourth-order valence-electron chi connectivity index (χ4n) is 1.24. The first-order valence-electron chi connectivity index (χ1n) is 4.39. The van der Waals surface area contributed by atoms with E-state index in [4.69, 9.17) is 5.73 Å². The Morgan fingerprint density at radius 3 is 2.57 bits per heavy atom. The highest BCUT2D eigenvalue weighted by molar-refractivity contribution is 5.64. The van der Waals surface area contributed by atoms with Gasteiger partial charge in [0.15, 0.2) is 0 Å². The Morgan fingerprint density at radius 2 is 2.00 bits per heavy atom. The van der Waals surface area contributed by atoms with Crippen LogP contribution in [-0.4, -0.2) is 6.54 Å². The van der Waals surface area contributed by atoms with Gasteiger partial charge in [-0.15, -0.1) is 0 Å². The first kappa shape index (κ1) is 10.9. The van der Waals surface area contributed by atoms with E-state index < -0.39 is 11.6 Å². The number of nitrogens with two attached hydrogens (primary N) is 1. The van der Waals surface area contributed by atoms with E-state index in [1.807, 2.05) is 0 Å². The molecule has 76 valence electrons. The SMILES string of the molecule is CC(=CCN)c1cc(F)c(C)cc1F. The predicted molar refractivity (Wildman–Crippen MR) is 53.8 cm³/mol. The smallest absolute Gasteiger partial charge is 0.131 e. The molecule has 3 heteroatoms. The zero-order valence-corrected chi connectivity index (χ0v) is 8.27. The van der Waals surface area contributed by atoms with Gasteiger partial charge in [-0.1, -0.05) is 6.08 Å². The number of aryl methyl sites for hydroxylation is 1. The number of allylic oxidation sites excluding steroid dienone is 1. The molecule has 0 saturated heterocycles. The fraction of sp³-hybridized carbons (Fsp3) is 0.273. The van der Waals surface area contributed by atoms with Crippen molar-refractivity contribution in [3.63, 3.8) is 0 Å². The molecule has 1 nitrogen and oxygen atoms in total. The van der Waals surface area contributed by atoms with Crippen LogP contribution < -0.4 is 5.73 Å². The summed E-state index contributed by atoms with van der Waals surface area (Å²) in [7, 11) is 0. The normalized spacial score (nSPS) is 11.9. The van der Waals surface area contributed by atoms with Crippen LogP contribution in [0.1, 0.15) is 18.1 Å². The van der Waals surface area contributed by atoms with E-state index in [0.29, 0.717) is 17.7 Å². The summed E-state index contributed by atoms with van der Waals surface area (Å²) in [5, 5.41) is 0. The van der Waals surface area contributed by atoms with Crippen molar-refractivity contribution in [2.24, 2.45) is 5.73 Å². The molecule has 0 amide bonds. The quantitative estimate of drug-likeness (QED) is 0.774. The summed E-state index contributed by atoms with van der Waals surface area (Å²) in [4.78, 5) is 0. The van der Waals surface area contributed by atoms with Gasteiger partial charge in [0.05, 0.1) is 0 Å². The van der Waals surface area contributed by atoms with Gasteiger partial charge in [0.25, 0.3) is 0 Å². The van der Waals surface area contributed by atoms with Crippen molar-refractivity contribution in [3.8, 4) is 0 Å². The molecule has 0 fully saturated rings. The largest absolute Gasteiger partial charge is 0.327 e. The lowest BCUT2D eigenvalue weighted by molar-refractivity contribution is 0.589. The Labute approximate surface area is 82.2 Å². The minimum atomic E-state index is -0.411. The van der Waals surface area contributed by atoms with Crippen LogP contribution in [0.3, 0.4) is 0 Å². The molecule has 0 atom stereocenters. The maximum Gasteiger partial charge on any atom is 0.131 e. The minimum absolute atomic E-state index is 0.276. The van der Waals surface area contributed by atoms with E-state index in [-0.39, 0.29) is 5.56 Å². The zero-order valence-electron chi connectivity index (χ0n) is 8.27. The molecule has 0 heterocycles. The maximum absolute atomic E-state index is 13.4. The third kappa shape index (κ3) is 2.17. The number of hydrogen-bond acceptors (Lipinski definition) is 1. The van der Waals surface area contributed by atoms with Crippen molar-refractivity contribution in [1.29, 1.82) is 0 Å². The summed E-state index contributed by atoms with van der Waals surface area (Å²) < 4.78 is 26.5. The lowest BCUT2D eigenvalue weighted by Gasteiger charge is -2.05. The van der Waals surface area contributed by atoms with Crippen LogP contribution in [-0.2, 0) is 0 Å². The molecule has 0 aliphatic rings. The summed E-state index contributed by atoms with van der Waals surface area (Å²) >= 11 is 0. The molecular weight excluding hydrogens is 184 g/mol. The molecule has 0 aliphatic heterocycles. The first-order chi connectivity index (χ1) is 6.56. The maximum atomic E-state index is 13.4. The van der Waals surface area contributed by atoms with Gasteiger partial charge in [-0.25, -0.2) is 8.78 Å². The standard InChI is InChI=1S/C11H13F2N/c1-7(3-4-14)9-6-10(12)8(2)5-11(9)13/h3,5-6H,4,14H2,1-2H3. The van der Waals surface area contributed by atoms with Gasteiger partial charge in [-0.05, 0) is 37.1 Å². The van der Waals surface area contributed by atoms with E-state index in [9.17, 15) is 8.78 Å². The van der Waals surface area contributed by atoms with Crippen LogP contribution in [0.2, 0.25) is 0 Å². The van der Waals surface area contributed by atoms with Crippen molar-refractivity contribution >= 4 is 5.57 Å². The van der Waals surface area contributed by atoms with Crippen LogP contribution in [0.25, 0.3) is 5.57 Å². The Kier molecular flexibility index (Phi) is 3.36. The minimum Gasteiger partial charge on any atom is -0.327 e. The van der Waals surface area contributed by atoms with Crippen LogP contribution in [0, 0.1) is 18.6 Å². The second-order valence-electron chi connectivity index (χ2n) is 3.20. The van der Waals surface area contributed by atoms with Gasteiger partial charge < -0.3 is 5.73 Å². The number of halogens is 2. The van der Waals surface area contributed by atoms with Crippen molar-refractivity contribution in [2.75, 3.05) is 6.54 Å². The number of hydrogen-bond donors (Lipinski definition) is 1. The van der Waals surface area contributed by atoms with Crippen molar-refractivity contribution < 1.29 is 8.78 Å². The van der Waals surface area contributed by atoms with Crippen molar-refractivity contribution in [1.82, 2.24) is 0 Å². The van der Waals surface area contributed by atoms with E-state index in [0.717, 1.165) is 0 Å². The van der Waals surface area contributed by atoms with Gasteiger partial charge in [0, 0.05) is 12.1 Å². The van der Waals surface area contributed by atoms with Crippen LogP contribution in [0.15, 0.2) is 18.2 Å². The first-order valence-corrected chi connectivity index (χ1v) is 4.39. The lowest BCUT2D eigenvalue weighted by Crippen LogP contribution is -1.97. The lowest BCUT2D eigenvalue weighted by atomic mass is 10.0. The summed E-state index contributed by atoms with van der Waals surface area (Å²) in [6, 6.07) is 2.39. The predicted octanol–water partition coefficient (Wildman–Crippen LogP) is 2.64. The fourth-order valence-corrected chi connectivity index (χ4v) is 1.24. The monoisotopic (exact) mass is 197 g/mol. The van der Waals surface area contributed by atoms with E-state index >= 15 is 0 Å². The molecule has 2 N–H and O–H groups in total. The van der Waals surface area contributed by atoms with Gasteiger partial charge in [0.2, 0.25) is 0 Å². The number of rotatable bonds is 2. The van der Waals surface area contributed by atoms with E-state index in [2.05, 4.69) is 0 Å². The Bertz CT molecular complexity index is 370. The Hall–Kier alpha value is -1.22. The Morgan fingerprint density at radius 1 is 1.36 bits per heavy atom. The van der Waals surface area contributed by atoms with Gasteiger partial charge in [-0.3, -0.25) is 0 Å². The molecular formula is C11H13F2N. The van der Waals surface area contributed by atoms with E-state index in [1.165, 1.54) is 19.1 Å². The second kappa shape index (κ2) is 4.33. The highest BCUT2D eigenvalue weighted by Crippen LogP contribution is 2.20. The topological polar surface area (TPSA) is 26.0 Å². The zero-order chi connectivity index (χ0) is 10.7. The molecule has 0 radical (unpaired) electrons. The molecule has 0 bridgehead atoms. The summed E-state index contributed by atoms with van der Waals surface area (Å²) in [5.41, 5.74) is 6.54. The molecule has 1 aromatic rings. The van der Waals surface area contributed by atoms with Gasteiger partial charge in [-0.2, -0.15) is 0 Å². The molecule has 0 unspecified atom stereocenters. The molecule has 0 aliphatic carbocycles. The highest BCUT2D eigenvalue weighted by Gasteiger charge is 2.07. The Balaban J connectivity index is 3.22. The average molecular weight is 197 g/mol. The summed E-state index contributed by atoms with van der Waals surface area (Å²) in [5.74, 6) is -0.808. The molecule has 1 aromatic carbocycles. The second-order valence-corrected chi connectivity index (χ2v) is 3.20. The van der Waals surface area contributed by atoms with Crippen molar-refractivity contribution in [3.05, 3.63) is 41.0 Å². The molecule has 14 heavy (non-hydrogen) atoms. The molecule has 0 aromatic heterocycles. The van der Waals surface area contributed by atoms with Crippen LogP contribution >= 0.6 is 0 Å². The third-order valence-electron chi connectivity index (χ3n) is 2.10. The van der Waals surface area contributed by atoms with Crippen LogP contribution in [0.4, 0.5) is 8.78 Å². The summed E-state index contributed by atoms with van der Waals surface area (Å²) in [6.07, 6.45) is 1.66. The molecule has 0 saturated carbocycles. The summed E-state index contributed by atoms with van der Waals surface area (Å²) in [6.45, 7) is 3.56. The van der Waals surface area contributed by atoms with Gasteiger partial charge in [0.1, 0.15) is 11.6 Å². The average Bonchev–Trinajstić information content (AvgIpc) is 2.11. The molecule has 0 spiro atoms.